The molecule has 1 saturated carbocycles. The van der Waals surface area contributed by atoms with Gasteiger partial charge in [-0.05, 0) is 85.5 Å². The zero-order chi connectivity index (χ0) is 38.2. The van der Waals surface area contributed by atoms with Gasteiger partial charge in [0.2, 0.25) is 11.9 Å². The average molecular weight is 757 g/mol. The normalized spacial score (nSPS) is 13.5. The highest BCUT2D eigenvalue weighted by atomic mass is 35.5. The molecule has 1 fully saturated rings. The van der Waals surface area contributed by atoms with E-state index in [9.17, 15) is 37.5 Å². The smallest absolute Gasteiger partial charge is 0.422 e. The fourth-order valence-electron chi connectivity index (χ4n) is 4.88. The number of amides is 3. The van der Waals surface area contributed by atoms with E-state index in [2.05, 4.69) is 41.5 Å². The van der Waals surface area contributed by atoms with Gasteiger partial charge in [-0.1, -0.05) is 23.7 Å². The number of methoxy groups -OCH3 is 1. The molecule has 53 heavy (non-hydrogen) atoms. The van der Waals surface area contributed by atoms with Crippen LogP contribution in [-0.4, -0.2) is 76.2 Å². The number of rotatable bonds is 15. The van der Waals surface area contributed by atoms with Crippen LogP contribution in [0.15, 0.2) is 72.8 Å². The number of nitrogens with zero attached hydrogens (tertiary/aromatic N) is 3. The lowest BCUT2D eigenvalue weighted by molar-refractivity contribution is -0.154. The zero-order valence-electron chi connectivity index (χ0n) is 27.8. The van der Waals surface area contributed by atoms with Crippen molar-refractivity contribution in [2.45, 2.75) is 37.0 Å². The Hall–Kier alpha value is -6.17. The van der Waals surface area contributed by atoms with E-state index in [1.165, 1.54) is 43.5 Å². The molecule has 6 N–H and O–H groups in total. The second-order valence-corrected chi connectivity index (χ2v) is 12.1. The zero-order valence-corrected chi connectivity index (χ0v) is 28.5. The number of carboxylic acid groups (broad SMARTS) is 1. The number of carbonyl (C=O) groups is 4. The van der Waals surface area contributed by atoms with Gasteiger partial charge in [0.15, 0.2) is 6.61 Å². The summed E-state index contributed by atoms with van der Waals surface area (Å²) in [6, 6.07) is 16.9. The summed E-state index contributed by atoms with van der Waals surface area (Å²) in [5.74, 6) is -3.76. The molecule has 5 rings (SSSR count). The van der Waals surface area contributed by atoms with Crippen molar-refractivity contribution in [2.24, 2.45) is 0 Å². The molecule has 0 bridgehead atoms. The summed E-state index contributed by atoms with van der Waals surface area (Å²) in [7, 11) is 1.48. The van der Waals surface area contributed by atoms with Crippen molar-refractivity contribution in [3.63, 3.8) is 0 Å². The molecule has 3 aromatic carbocycles. The number of ether oxygens (including phenoxy) is 2. The lowest BCUT2D eigenvalue weighted by Gasteiger charge is -2.19. The van der Waals surface area contributed by atoms with E-state index in [0.717, 1.165) is 5.56 Å². The summed E-state index contributed by atoms with van der Waals surface area (Å²) < 4.78 is 48.6. The molecule has 0 saturated heterocycles. The molecular weight excluding hydrogens is 725 g/mol. The maximum atomic E-state index is 12.9. The number of anilines is 4. The van der Waals surface area contributed by atoms with Gasteiger partial charge in [0, 0.05) is 28.5 Å². The Bertz CT molecular complexity index is 1950. The van der Waals surface area contributed by atoms with E-state index in [-0.39, 0.29) is 30.4 Å². The first-order chi connectivity index (χ1) is 25.2. The van der Waals surface area contributed by atoms with Gasteiger partial charge in [-0.2, -0.15) is 28.1 Å². The first kappa shape index (κ1) is 38.1. The van der Waals surface area contributed by atoms with Crippen LogP contribution in [0.2, 0.25) is 5.02 Å². The number of hydrogen-bond donors (Lipinski definition) is 6. The number of aliphatic carboxylic acids is 1. The van der Waals surface area contributed by atoms with Crippen LogP contribution in [-0.2, 0) is 19.9 Å². The number of aromatic nitrogens is 3. The Morgan fingerprint density at radius 3 is 2.13 bits per heavy atom. The predicted molar refractivity (Wildman–Crippen MR) is 185 cm³/mol. The fourth-order valence-corrected chi connectivity index (χ4v) is 5.00. The lowest BCUT2D eigenvalue weighted by Crippen LogP contribution is -2.44. The molecule has 278 valence electrons. The molecular formula is C34H32ClF3N8O7. The Morgan fingerprint density at radius 2 is 1.53 bits per heavy atom. The summed E-state index contributed by atoms with van der Waals surface area (Å²) in [6.45, 7) is -1.88. The SMILES string of the molecule is COc1ccc(NC(=O)C(=O)NCC[C@H](NC(=O)c2ccc(Nc3nc(NC4(c5ccc(Cl)cc5)CC4)nc(OCC(F)(F)F)n3)cc2)C(=O)O)cc1. The number of carbonyl (C=O) groups excluding carboxylic acids is 3. The standard InChI is InChI=1S/C34H32ClF3N8O7/c1-52-24-12-10-22(11-13-24)40-28(49)27(48)39-17-14-25(29(50)51)42-26(47)19-2-8-23(9-3-19)41-30-43-31(45-32(44-30)53-18-34(36,37)38)46-33(15-16-33)20-4-6-21(35)7-5-20/h2-13,25H,14-18H2,1H3,(H,39,48)(H,40,49)(H,42,47)(H,50,51)(H2,41,43,44,45,46)/t25-/m0/s1. The van der Waals surface area contributed by atoms with Gasteiger partial charge in [-0.25, -0.2) is 4.79 Å². The van der Waals surface area contributed by atoms with E-state index >= 15 is 0 Å². The van der Waals surface area contributed by atoms with Crippen molar-refractivity contribution in [1.82, 2.24) is 25.6 Å². The number of nitrogens with one attached hydrogen (secondary N) is 5. The Labute approximate surface area is 304 Å². The van der Waals surface area contributed by atoms with Crippen molar-refractivity contribution < 1.29 is 46.9 Å². The molecule has 0 aliphatic heterocycles. The van der Waals surface area contributed by atoms with Crippen LogP contribution in [0, 0.1) is 0 Å². The van der Waals surface area contributed by atoms with Gasteiger partial charge in [0.1, 0.15) is 11.8 Å². The van der Waals surface area contributed by atoms with Crippen LogP contribution >= 0.6 is 11.6 Å². The Morgan fingerprint density at radius 1 is 0.887 bits per heavy atom. The van der Waals surface area contributed by atoms with Crippen LogP contribution in [0.5, 0.6) is 11.8 Å². The molecule has 1 aliphatic carbocycles. The molecule has 1 aromatic heterocycles. The number of benzene rings is 3. The van der Waals surface area contributed by atoms with Crippen LogP contribution in [0.4, 0.5) is 36.4 Å². The molecule has 1 heterocycles. The van der Waals surface area contributed by atoms with E-state index < -0.39 is 54.1 Å². The summed E-state index contributed by atoms with van der Waals surface area (Å²) in [6.07, 6.45) is -3.49. The largest absolute Gasteiger partial charge is 0.497 e. The molecule has 15 nitrogen and oxygen atoms in total. The molecule has 4 aromatic rings. The van der Waals surface area contributed by atoms with E-state index in [0.29, 0.717) is 35.0 Å². The second-order valence-electron chi connectivity index (χ2n) is 11.7. The molecule has 1 aliphatic rings. The highest BCUT2D eigenvalue weighted by molar-refractivity contribution is 6.39. The number of hydrogen-bond acceptors (Lipinski definition) is 11. The van der Waals surface area contributed by atoms with E-state index in [1.807, 2.05) is 12.1 Å². The summed E-state index contributed by atoms with van der Waals surface area (Å²) in [5.41, 5.74) is 1.05. The van der Waals surface area contributed by atoms with Crippen LogP contribution < -0.4 is 36.1 Å². The fraction of sp³-hybridized carbons (Fsp3) is 0.265. The monoisotopic (exact) mass is 756 g/mol. The van der Waals surface area contributed by atoms with Crippen LogP contribution in [0.25, 0.3) is 0 Å². The van der Waals surface area contributed by atoms with Crippen molar-refractivity contribution in [3.05, 3.63) is 88.9 Å². The quantitative estimate of drug-likeness (QED) is 0.0918. The lowest BCUT2D eigenvalue weighted by atomic mass is 10.1. The molecule has 0 unspecified atom stereocenters. The molecule has 0 spiro atoms. The van der Waals surface area contributed by atoms with Crippen LogP contribution in [0.3, 0.4) is 0 Å². The Balaban J connectivity index is 1.18. The highest BCUT2D eigenvalue weighted by Crippen LogP contribution is 2.48. The summed E-state index contributed by atoms with van der Waals surface area (Å²) in [5, 5.41) is 23.3. The van der Waals surface area contributed by atoms with Gasteiger partial charge in [-0.15, -0.1) is 0 Å². The van der Waals surface area contributed by atoms with E-state index in [1.54, 1.807) is 24.3 Å². The van der Waals surface area contributed by atoms with Crippen molar-refractivity contribution in [2.75, 3.05) is 36.2 Å². The molecule has 3 amide bonds. The van der Waals surface area contributed by atoms with E-state index in [4.69, 9.17) is 21.1 Å². The average Bonchev–Trinajstić information content (AvgIpc) is 3.90. The van der Waals surface area contributed by atoms with Gasteiger partial charge in [0.05, 0.1) is 12.6 Å². The maximum absolute atomic E-state index is 12.9. The van der Waals surface area contributed by atoms with Gasteiger partial charge < -0.3 is 41.2 Å². The van der Waals surface area contributed by atoms with Gasteiger partial charge in [0.25, 0.3) is 5.91 Å². The minimum Gasteiger partial charge on any atom is -0.497 e. The minimum absolute atomic E-state index is 0.0445. The maximum Gasteiger partial charge on any atom is 0.422 e. The number of halogens is 4. The summed E-state index contributed by atoms with van der Waals surface area (Å²) in [4.78, 5) is 61.4. The third kappa shape index (κ3) is 10.9. The summed E-state index contributed by atoms with van der Waals surface area (Å²) >= 11 is 6.01. The van der Waals surface area contributed by atoms with Gasteiger partial charge in [-0.3, -0.25) is 14.4 Å². The third-order valence-electron chi connectivity index (χ3n) is 7.76. The van der Waals surface area contributed by atoms with Gasteiger partial charge >= 0.3 is 30.0 Å². The van der Waals surface area contributed by atoms with Crippen molar-refractivity contribution in [3.8, 4) is 11.8 Å². The first-order valence-electron chi connectivity index (χ1n) is 15.9. The molecule has 1 atom stereocenters. The van der Waals surface area contributed by atoms with Crippen LogP contribution in [0.1, 0.15) is 35.2 Å². The number of carboxylic acids is 1. The third-order valence-corrected chi connectivity index (χ3v) is 8.01. The second kappa shape index (κ2) is 16.4. The molecule has 19 heteroatoms. The van der Waals surface area contributed by atoms with Crippen molar-refractivity contribution in [1.29, 1.82) is 0 Å². The van der Waals surface area contributed by atoms with Crippen molar-refractivity contribution >= 4 is 58.6 Å². The highest BCUT2D eigenvalue weighted by Gasteiger charge is 2.45. The minimum atomic E-state index is -4.65. The predicted octanol–water partition coefficient (Wildman–Crippen LogP) is 4.65. The molecule has 0 radical (unpaired) electrons. The Kier molecular flexibility index (Phi) is 11.8. The topological polar surface area (TPSA) is 206 Å². The first-order valence-corrected chi connectivity index (χ1v) is 16.2. The number of alkyl halides is 3.